The topological polar surface area (TPSA) is 78.9 Å². The average Bonchev–Trinajstić information content (AvgIpc) is 2.55. The molecule has 0 aromatic rings. The van der Waals surface area contributed by atoms with Gasteiger partial charge in [0.15, 0.2) is 0 Å². The van der Waals surface area contributed by atoms with Crippen molar-refractivity contribution in [3.63, 3.8) is 0 Å². The van der Waals surface area contributed by atoms with Gasteiger partial charge in [-0.3, -0.25) is 14.4 Å². The maximum Gasteiger partial charge on any atom is 0.537 e. The molecule has 146 valence electrons. The number of carbonyl (C=O) groups excluding carboxylic acids is 3. The third kappa shape index (κ3) is 11.3. The predicted molar refractivity (Wildman–Crippen MR) is 110 cm³/mol. The molecule has 0 aromatic carbocycles. The molecule has 3 unspecified atom stereocenters. The SMILES string of the molecule is O=C(OP(OC(=O)C(S)CCCl)OC(=O)C(S)CCCl)C(S)CCCl. The lowest BCUT2D eigenvalue weighted by molar-refractivity contribution is -0.141. The van der Waals surface area contributed by atoms with Crippen LogP contribution < -0.4 is 0 Å². The van der Waals surface area contributed by atoms with Crippen LogP contribution in [0.5, 0.6) is 0 Å². The first-order valence-electron chi connectivity index (χ1n) is 6.94. The Hall–Kier alpha value is 0.760. The van der Waals surface area contributed by atoms with Gasteiger partial charge in [-0.2, -0.15) is 37.9 Å². The van der Waals surface area contributed by atoms with Crippen molar-refractivity contribution in [1.82, 2.24) is 0 Å². The van der Waals surface area contributed by atoms with Crippen LogP contribution in [-0.4, -0.2) is 51.3 Å². The molecule has 0 saturated heterocycles. The molecule has 0 rings (SSSR count). The highest BCUT2D eigenvalue weighted by Gasteiger charge is 2.33. The molecule has 0 radical (unpaired) electrons. The summed E-state index contributed by atoms with van der Waals surface area (Å²) in [5, 5.41) is -2.57. The molecule has 0 fully saturated rings. The van der Waals surface area contributed by atoms with Crippen molar-refractivity contribution in [2.45, 2.75) is 35.0 Å². The van der Waals surface area contributed by atoms with E-state index < -0.39 is 42.3 Å². The molecule has 0 spiro atoms. The predicted octanol–water partition coefficient (Wildman–Crippen LogP) is 3.62. The number of rotatable bonds is 12. The summed E-state index contributed by atoms with van der Waals surface area (Å²) in [6.45, 7) is 0. The summed E-state index contributed by atoms with van der Waals surface area (Å²) in [5.41, 5.74) is 0. The fourth-order valence-corrected chi connectivity index (χ4v) is 3.96. The lowest BCUT2D eigenvalue weighted by Gasteiger charge is -2.19. The van der Waals surface area contributed by atoms with Gasteiger partial charge in [-0.05, 0) is 19.3 Å². The van der Waals surface area contributed by atoms with Crippen molar-refractivity contribution in [2.75, 3.05) is 17.6 Å². The zero-order valence-corrected chi connectivity index (χ0v) is 18.7. The molecule has 6 nitrogen and oxygen atoms in total. The van der Waals surface area contributed by atoms with Crippen LogP contribution in [0.4, 0.5) is 0 Å². The number of hydrogen-bond acceptors (Lipinski definition) is 9. The largest absolute Gasteiger partial charge is 0.537 e. The summed E-state index contributed by atoms with van der Waals surface area (Å²) in [4.78, 5) is 35.7. The first-order valence-corrected chi connectivity index (χ1v) is 11.2. The molecular formula is C12H18Cl3O6PS3. The first kappa shape index (κ1) is 25.8. The van der Waals surface area contributed by atoms with Crippen molar-refractivity contribution in [3.8, 4) is 0 Å². The molecule has 0 aliphatic heterocycles. The van der Waals surface area contributed by atoms with Gasteiger partial charge < -0.3 is 13.6 Å². The Kier molecular flexibility index (Phi) is 15.2. The van der Waals surface area contributed by atoms with E-state index in [1.807, 2.05) is 0 Å². The molecule has 0 aliphatic carbocycles. The van der Waals surface area contributed by atoms with E-state index in [0.29, 0.717) is 0 Å². The zero-order chi connectivity index (χ0) is 19.4. The Balaban J connectivity index is 4.94. The number of alkyl halides is 3. The van der Waals surface area contributed by atoms with E-state index in [4.69, 9.17) is 48.4 Å². The van der Waals surface area contributed by atoms with E-state index in [9.17, 15) is 14.4 Å². The van der Waals surface area contributed by atoms with Gasteiger partial charge in [-0.25, -0.2) is 0 Å². The third-order valence-electron chi connectivity index (χ3n) is 2.46. The van der Waals surface area contributed by atoms with E-state index >= 15 is 0 Å². The van der Waals surface area contributed by atoms with Gasteiger partial charge in [0.2, 0.25) is 0 Å². The van der Waals surface area contributed by atoms with Gasteiger partial charge in [0, 0.05) is 17.6 Å². The molecule has 0 N–H and O–H groups in total. The van der Waals surface area contributed by atoms with Crippen molar-refractivity contribution >= 4 is 99.2 Å². The number of halogens is 3. The molecular weight excluding hydrogens is 474 g/mol. The molecule has 0 bridgehead atoms. The number of carbonyl (C=O) groups is 3. The minimum Gasteiger partial charge on any atom is -0.374 e. The van der Waals surface area contributed by atoms with Crippen LogP contribution in [0.3, 0.4) is 0 Å². The van der Waals surface area contributed by atoms with Crippen molar-refractivity contribution < 1.29 is 28.0 Å². The Morgan fingerprint density at radius 3 is 1.12 bits per heavy atom. The quantitative estimate of drug-likeness (QED) is 0.220. The van der Waals surface area contributed by atoms with Crippen LogP contribution >= 0.6 is 81.3 Å². The van der Waals surface area contributed by atoms with Crippen molar-refractivity contribution in [2.24, 2.45) is 0 Å². The van der Waals surface area contributed by atoms with Gasteiger partial charge in [-0.15, -0.1) is 34.8 Å². The summed E-state index contributed by atoms with van der Waals surface area (Å²) in [5.74, 6) is -2.00. The minimum absolute atomic E-state index is 0.170. The molecule has 13 heteroatoms. The zero-order valence-electron chi connectivity index (χ0n) is 12.8. The lowest BCUT2D eigenvalue weighted by atomic mass is 10.3. The second-order valence-corrected chi connectivity index (χ2v) is 8.43. The molecule has 0 saturated carbocycles. The standard InChI is InChI=1S/C12H18Cl3O6PS3/c13-4-1-7(23)10(16)19-22(20-11(17)8(24)2-5-14)21-12(18)9(25)3-6-15/h7-9,23-25H,1-6H2. The van der Waals surface area contributed by atoms with Crippen LogP contribution in [0.2, 0.25) is 0 Å². The summed E-state index contributed by atoms with van der Waals surface area (Å²) < 4.78 is 14.8. The molecule has 25 heavy (non-hydrogen) atoms. The molecule has 3 atom stereocenters. The first-order chi connectivity index (χ1) is 11.8. The van der Waals surface area contributed by atoms with Gasteiger partial charge in [0.1, 0.15) is 15.7 Å². The maximum atomic E-state index is 11.9. The van der Waals surface area contributed by atoms with E-state index in [0.717, 1.165) is 0 Å². The smallest absolute Gasteiger partial charge is 0.374 e. The van der Waals surface area contributed by atoms with Gasteiger partial charge in [0.05, 0.1) is 0 Å². The lowest BCUT2D eigenvalue weighted by Crippen LogP contribution is -2.24. The highest BCUT2D eigenvalue weighted by molar-refractivity contribution is 7.82. The van der Waals surface area contributed by atoms with E-state index in [2.05, 4.69) is 37.9 Å². The summed E-state index contributed by atoms with van der Waals surface area (Å²) >= 11 is 28.6. The van der Waals surface area contributed by atoms with Crippen LogP contribution in [0, 0.1) is 0 Å². The van der Waals surface area contributed by atoms with E-state index in [1.54, 1.807) is 0 Å². The number of hydrogen-bond donors (Lipinski definition) is 3. The summed E-state index contributed by atoms with van der Waals surface area (Å²) in [7, 11) is -2.63. The van der Waals surface area contributed by atoms with Crippen LogP contribution in [0.1, 0.15) is 19.3 Å². The maximum absolute atomic E-state index is 11.9. The van der Waals surface area contributed by atoms with Crippen molar-refractivity contribution in [3.05, 3.63) is 0 Å². The normalized spacial score (nSPS) is 15.6. The van der Waals surface area contributed by atoms with Gasteiger partial charge in [-0.1, -0.05) is 0 Å². The Labute approximate surface area is 179 Å². The third-order valence-corrected chi connectivity index (χ3v) is 5.51. The Morgan fingerprint density at radius 2 is 0.920 bits per heavy atom. The molecule has 0 aliphatic rings. The van der Waals surface area contributed by atoms with Gasteiger partial charge in [0.25, 0.3) is 0 Å². The van der Waals surface area contributed by atoms with Gasteiger partial charge >= 0.3 is 26.5 Å². The van der Waals surface area contributed by atoms with Crippen LogP contribution in [-0.2, 0) is 28.0 Å². The molecule has 0 heterocycles. The Bertz CT molecular complexity index is 387. The van der Waals surface area contributed by atoms with Crippen molar-refractivity contribution in [1.29, 1.82) is 0 Å². The fraction of sp³-hybridized carbons (Fsp3) is 0.750. The monoisotopic (exact) mass is 490 g/mol. The summed E-state index contributed by atoms with van der Waals surface area (Å²) in [6, 6.07) is 0. The highest BCUT2D eigenvalue weighted by atomic mass is 35.5. The van der Waals surface area contributed by atoms with Crippen LogP contribution in [0.25, 0.3) is 0 Å². The van der Waals surface area contributed by atoms with Crippen LogP contribution in [0.15, 0.2) is 0 Å². The number of thiol groups is 3. The highest BCUT2D eigenvalue weighted by Crippen LogP contribution is 2.42. The second kappa shape index (κ2) is 14.8. The minimum atomic E-state index is -2.63. The Morgan fingerprint density at radius 1 is 0.680 bits per heavy atom. The van der Waals surface area contributed by atoms with E-state index in [-0.39, 0.29) is 36.9 Å². The molecule has 0 aromatic heterocycles. The second-order valence-electron chi connectivity index (χ2n) is 4.43. The molecule has 0 amide bonds. The summed E-state index contributed by atoms with van der Waals surface area (Å²) in [6.07, 6.45) is 0.659. The van der Waals surface area contributed by atoms with E-state index in [1.165, 1.54) is 0 Å². The average molecular weight is 492 g/mol. The fourth-order valence-electron chi connectivity index (χ4n) is 1.12.